The molecule has 138 valence electrons. The van der Waals surface area contributed by atoms with Crippen molar-refractivity contribution in [2.45, 2.75) is 44.7 Å². The second kappa shape index (κ2) is 7.80. The Bertz CT molecular complexity index is 762. The lowest BCUT2D eigenvalue weighted by Crippen LogP contribution is -2.42. The van der Waals surface area contributed by atoms with Crippen LogP contribution in [0.1, 0.15) is 36.1 Å². The van der Waals surface area contributed by atoms with Gasteiger partial charge in [0.25, 0.3) is 0 Å². The number of rotatable bonds is 5. The van der Waals surface area contributed by atoms with E-state index in [4.69, 9.17) is 21.6 Å². The molecule has 0 radical (unpaired) electrons. The maximum Gasteiger partial charge on any atom is 0.225 e. The van der Waals surface area contributed by atoms with Crippen LogP contribution in [-0.4, -0.2) is 41.0 Å². The molecule has 2 N–H and O–H groups in total. The number of halogens is 1. The first-order valence-corrected chi connectivity index (χ1v) is 9.90. The minimum Gasteiger partial charge on any atom is -0.373 e. The first kappa shape index (κ1) is 17.6. The van der Waals surface area contributed by atoms with Gasteiger partial charge in [-0.05, 0) is 56.3 Å². The van der Waals surface area contributed by atoms with Gasteiger partial charge in [-0.15, -0.1) is 0 Å². The van der Waals surface area contributed by atoms with Gasteiger partial charge in [0.15, 0.2) is 0 Å². The number of aryl methyl sites for hydroxylation is 1. The summed E-state index contributed by atoms with van der Waals surface area (Å²) in [6, 6.07) is 8.55. The number of nitrogens with zero attached hydrogens (tertiary/aromatic N) is 3. The molecule has 0 bridgehead atoms. The average Bonchev–Trinajstić information content (AvgIpc) is 3.12. The number of anilines is 2. The Morgan fingerprint density at radius 1 is 1.15 bits per heavy atom. The molecule has 4 rings (SSSR count). The lowest BCUT2D eigenvalue weighted by Gasteiger charge is -2.33. The number of aromatic nitrogens is 2. The number of hydrogen-bond donors (Lipinski definition) is 2. The fraction of sp³-hybridized carbons (Fsp3) is 0.500. The molecule has 2 aromatic rings. The second-order valence-corrected chi connectivity index (χ2v) is 7.71. The highest BCUT2D eigenvalue weighted by atomic mass is 35.5. The molecular formula is C20H26ClN5. The third-order valence-electron chi connectivity index (χ3n) is 5.33. The van der Waals surface area contributed by atoms with E-state index in [0.29, 0.717) is 6.04 Å². The molecule has 0 spiro atoms. The minimum atomic E-state index is 0.389. The van der Waals surface area contributed by atoms with Crippen LogP contribution in [0.4, 0.5) is 11.8 Å². The predicted octanol–water partition coefficient (Wildman–Crippen LogP) is 3.74. The van der Waals surface area contributed by atoms with Crippen molar-refractivity contribution >= 4 is 23.4 Å². The van der Waals surface area contributed by atoms with Crippen molar-refractivity contribution in [1.82, 2.24) is 14.9 Å². The molecule has 0 saturated carbocycles. The highest BCUT2D eigenvalue weighted by Crippen LogP contribution is 2.27. The van der Waals surface area contributed by atoms with Gasteiger partial charge >= 0.3 is 0 Å². The van der Waals surface area contributed by atoms with Crippen molar-refractivity contribution in [1.29, 1.82) is 0 Å². The van der Waals surface area contributed by atoms with Crippen molar-refractivity contribution < 1.29 is 0 Å². The monoisotopic (exact) mass is 371 g/mol. The molecule has 26 heavy (non-hydrogen) atoms. The Kier molecular flexibility index (Phi) is 5.27. The Balaban J connectivity index is 1.41. The SMILES string of the molecule is CNc1nc(N[C@@H]2CCCN(Cc3ccc(Cl)cc3)C2)nc2c1CCC2. The molecule has 6 heteroatoms. The molecule has 1 fully saturated rings. The van der Waals surface area contributed by atoms with Crippen LogP contribution in [0, 0.1) is 0 Å². The number of hydrogen-bond acceptors (Lipinski definition) is 5. The summed E-state index contributed by atoms with van der Waals surface area (Å²) in [5.74, 6) is 1.76. The van der Waals surface area contributed by atoms with Crippen molar-refractivity contribution in [2.24, 2.45) is 0 Å². The van der Waals surface area contributed by atoms with Gasteiger partial charge in [0, 0.05) is 36.8 Å². The quantitative estimate of drug-likeness (QED) is 0.838. The van der Waals surface area contributed by atoms with Gasteiger partial charge < -0.3 is 10.6 Å². The Morgan fingerprint density at radius 2 is 2.00 bits per heavy atom. The van der Waals surface area contributed by atoms with E-state index in [1.54, 1.807) is 0 Å². The van der Waals surface area contributed by atoms with Gasteiger partial charge in [-0.1, -0.05) is 23.7 Å². The second-order valence-electron chi connectivity index (χ2n) is 7.27. The molecule has 5 nitrogen and oxygen atoms in total. The minimum absolute atomic E-state index is 0.389. The number of fused-ring (bicyclic) bond motifs is 1. The summed E-state index contributed by atoms with van der Waals surface area (Å²) in [6.45, 7) is 3.10. The van der Waals surface area contributed by atoms with E-state index in [1.807, 2.05) is 19.2 Å². The Hall–Kier alpha value is -1.85. The van der Waals surface area contributed by atoms with Crippen molar-refractivity contribution in [3.63, 3.8) is 0 Å². The van der Waals surface area contributed by atoms with Gasteiger partial charge in [-0.2, -0.15) is 4.98 Å². The highest BCUT2D eigenvalue weighted by Gasteiger charge is 2.23. The smallest absolute Gasteiger partial charge is 0.225 e. The summed E-state index contributed by atoms with van der Waals surface area (Å²) >= 11 is 5.99. The fourth-order valence-corrected chi connectivity index (χ4v) is 4.18. The maximum absolute atomic E-state index is 5.99. The highest BCUT2D eigenvalue weighted by molar-refractivity contribution is 6.30. The van der Waals surface area contributed by atoms with Crippen LogP contribution in [0.3, 0.4) is 0 Å². The van der Waals surface area contributed by atoms with Gasteiger partial charge in [-0.25, -0.2) is 4.98 Å². The standard InChI is InChI=1S/C20H26ClN5/c1-22-19-17-5-2-6-18(17)24-20(25-19)23-16-4-3-11-26(13-16)12-14-7-9-15(21)10-8-14/h7-10,16H,2-6,11-13H2,1H3,(H2,22,23,24,25)/t16-/m1/s1. The fourth-order valence-electron chi connectivity index (χ4n) is 4.05. The summed E-state index contributed by atoms with van der Waals surface area (Å²) < 4.78 is 0. The number of benzene rings is 1. The summed E-state index contributed by atoms with van der Waals surface area (Å²) in [6.07, 6.45) is 5.68. The molecule has 1 aromatic carbocycles. The van der Waals surface area contributed by atoms with Crippen molar-refractivity contribution in [3.8, 4) is 0 Å². The van der Waals surface area contributed by atoms with E-state index in [2.05, 4.69) is 27.7 Å². The van der Waals surface area contributed by atoms with Gasteiger partial charge in [0.2, 0.25) is 5.95 Å². The number of likely N-dealkylation sites (tertiary alicyclic amines) is 1. The number of nitrogens with one attached hydrogen (secondary N) is 2. The predicted molar refractivity (Wildman–Crippen MR) is 107 cm³/mol. The van der Waals surface area contributed by atoms with Gasteiger partial charge in [0.05, 0.1) is 5.69 Å². The zero-order chi connectivity index (χ0) is 17.9. The molecular weight excluding hydrogens is 346 g/mol. The van der Waals surface area contributed by atoms with Crippen LogP contribution in [0.25, 0.3) is 0 Å². The van der Waals surface area contributed by atoms with E-state index < -0.39 is 0 Å². The van der Waals surface area contributed by atoms with Crippen LogP contribution >= 0.6 is 11.6 Å². The summed E-state index contributed by atoms with van der Waals surface area (Å²) in [4.78, 5) is 12.0. The summed E-state index contributed by atoms with van der Waals surface area (Å²) in [5, 5.41) is 7.62. The van der Waals surface area contributed by atoms with Gasteiger partial charge in [0.1, 0.15) is 5.82 Å². The molecule has 1 atom stereocenters. The molecule has 1 saturated heterocycles. The van der Waals surface area contributed by atoms with E-state index in [9.17, 15) is 0 Å². The average molecular weight is 372 g/mol. The van der Waals surface area contributed by atoms with Crippen LogP contribution in [0.2, 0.25) is 5.02 Å². The van der Waals surface area contributed by atoms with Crippen LogP contribution in [-0.2, 0) is 19.4 Å². The van der Waals surface area contributed by atoms with Crippen LogP contribution in [0.15, 0.2) is 24.3 Å². The zero-order valence-electron chi connectivity index (χ0n) is 15.3. The van der Waals surface area contributed by atoms with Crippen molar-refractivity contribution in [3.05, 3.63) is 46.1 Å². The molecule has 1 aliphatic carbocycles. The Labute approximate surface area is 160 Å². The molecule has 0 unspecified atom stereocenters. The lowest BCUT2D eigenvalue weighted by atomic mass is 10.0. The molecule has 2 aliphatic rings. The first-order valence-electron chi connectivity index (χ1n) is 9.52. The molecule has 0 amide bonds. The Morgan fingerprint density at radius 3 is 2.81 bits per heavy atom. The zero-order valence-corrected chi connectivity index (χ0v) is 16.0. The third kappa shape index (κ3) is 3.94. The largest absolute Gasteiger partial charge is 0.373 e. The lowest BCUT2D eigenvalue weighted by molar-refractivity contribution is 0.208. The van der Waals surface area contributed by atoms with Crippen molar-refractivity contribution in [2.75, 3.05) is 30.8 Å². The molecule has 1 aliphatic heterocycles. The van der Waals surface area contributed by atoms with E-state index in [-0.39, 0.29) is 0 Å². The summed E-state index contributed by atoms with van der Waals surface area (Å²) in [7, 11) is 1.94. The third-order valence-corrected chi connectivity index (χ3v) is 5.58. The number of piperidine rings is 1. The van der Waals surface area contributed by atoms with E-state index in [0.717, 1.165) is 55.7 Å². The normalized spacial score (nSPS) is 20.0. The maximum atomic E-state index is 5.99. The summed E-state index contributed by atoms with van der Waals surface area (Å²) in [5.41, 5.74) is 3.81. The van der Waals surface area contributed by atoms with Crippen LogP contribution < -0.4 is 10.6 Å². The first-order chi connectivity index (χ1) is 12.7. The van der Waals surface area contributed by atoms with E-state index >= 15 is 0 Å². The molecule has 1 aromatic heterocycles. The topological polar surface area (TPSA) is 53.1 Å². The van der Waals surface area contributed by atoms with Crippen LogP contribution in [0.5, 0.6) is 0 Å². The van der Waals surface area contributed by atoms with Gasteiger partial charge in [-0.3, -0.25) is 4.90 Å². The molecule has 2 heterocycles. The van der Waals surface area contributed by atoms with E-state index in [1.165, 1.54) is 29.7 Å².